The van der Waals surface area contributed by atoms with Crippen LogP contribution in [0.25, 0.3) is 0 Å². The highest BCUT2D eigenvalue weighted by Crippen LogP contribution is 2.07. The molecule has 0 radical (unpaired) electrons. The molecule has 6 heteroatoms. The Kier molecular flexibility index (Phi) is 4.31. The predicted molar refractivity (Wildman–Crippen MR) is 62.8 cm³/mol. The van der Waals surface area contributed by atoms with Crippen LogP contribution >= 0.6 is 35.6 Å². The molecule has 0 saturated heterocycles. The molecule has 0 fully saturated rings. The summed E-state index contributed by atoms with van der Waals surface area (Å²) < 4.78 is 0.433. The smallest absolute Gasteiger partial charge is 0.256 e. The Hall–Kier alpha value is -0.650. The summed E-state index contributed by atoms with van der Waals surface area (Å²) in [7, 11) is 0. The molecular weight excluding hydrogens is 240 g/mol. The molecule has 1 aromatic rings. The van der Waals surface area contributed by atoms with Crippen LogP contribution < -0.4 is 5.32 Å². The molecule has 74 valence electrons. The fraction of sp³-hybridized carbons (Fsp3) is 0.125. The molecular formula is C8H7ClN2OS2. The van der Waals surface area contributed by atoms with Gasteiger partial charge < -0.3 is 5.32 Å². The lowest BCUT2D eigenvalue weighted by atomic mass is 10.2. The van der Waals surface area contributed by atoms with E-state index in [4.69, 9.17) is 23.8 Å². The van der Waals surface area contributed by atoms with Gasteiger partial charge in [0.1, 0.15) is 9.47 Å². The van der Waals surface area contributed by atoms with Crippen LogP contribution in [0.4, 0.5) is 0 Å². The Morgan fingerprint density at radius 1 is 1.71 bits per heavy atom. The second-order valence-electron chi connectivity index (χ2n) is 2.31. The third kappa shape index (κ3) is 3.25. The molecule has 14 heavy (non-hydrogen) atoms. The van der Waals surface area contributed by atoms with Gasteiger partial charge in [0, 0.05) is 11.8 Å². The number of pyridine rings is 1. The zero-order chi connectivity index (χ0) is 10.6. The molecule has 1 aromatic heterocycles. The predicted octanol–water partition coefficient (Wildman–Crippen LogP) is 2.11. The van der Waals surface area contributed by atoms with Gasteiger partial charge in [-0.15, -0.1) is 11.8 Å². The van der Waals surface area contributed by atoms with Crippen LogP contribution in [-0.2, 0) is 0 Å². The molecule has 0 aliphatic heterocycles. The van der Waals surface area contributed by atoms with Crippen molar-refractivity contribution in [1.29, 1.82) is 0 Å². The second kappa shape index (κ2) is 5.29. The van der Waals surface area contributed by atoms with Gasteiger partial charge in [-0.2, -0.15) is 0 Å². The molecule has 1 N–H and O–H groups in total. The fourth-order valence-corrected chi connectivity index (χ4v) is 1.22. The number of nitrogens with one attached hydrogen (secondary N) is 1. The van der Waals surface area contributed by atoms with Gasteiger partial charge in [0.25, 0.3) is 5.91 Å². The Morgan fingerprint density at radius 2 is 2.43 bits per heavy atom. The summed E-state index contributed by atoms with van der Waals surface area (Å²) in [6.45, 7) is 0. The van der Waals surface area contributed by atoms with E-state index in [1.54, 1.807) is 12.3 Å². The summed E-state index contributed by atoms with van der Waals surface area (Å²) in [4.78, 5) is 15.2. The average Bonchev–Trinajstić information content (AvgIpc) is 2.17. The number of rotatable bonds is 1. The minimum Gasteiger partial charge on any atom is -0.308 e. The number of thiocarbonyl (C=S) groups is 1. The number of thioether (sulfide) groups is 1. The van der Waals surface area contributed by atoms with Crippen LogP contribution in [-0.4, -0.2) is 21.5 Å². The number of hydrogen-bond donors (Lipinski definition) is 1. The number of carbonyl (C=O) groups excluding carboxylic acids is 1. The molecule has 0 unspecified atom stereocenters. The van der Waals surface area contributed by atoms with Gasteiger partial charge in [0.2, 0.25) is 0 Å². The van der Waals surface area contributed by atoms with Gasteiger partial charge >= 0.3 is 0 Å². The van der Waals surface area contributed by atoms with E-state index in [1.165, 1.54) is 24.0 Å². The summed E-state index contributed by atoms with van der Waals surface area (Å²) in [5, 5.41) is 2.83. The maximum atomic E-state index is 11.5. The van der Waals surface area contributed by atoms with E-state index < -0.39 is 0 Å². The van der Waals surface area contributed by atoms with Crippen LogP contribution in [0.5, 0.6) is 0 Å². The molecule has 0 aromatic carbocycles. The Bertz CT molecular complexity index is 370. The van der Waals surface area contributed by atoms with E-state index in [0.29, 0.717) is 9.88 Å². The van der Waals surface area contributed by atoms with Crippen LogP contribution in [0.3, 0.4) is 0 Å². The van der Waals surface area contributed by atoms with Crippen molar-refractivity contribution < 1.29 is 4.79 Å². The van der Waals surface area contributed by atoms with E-state index >= 15 is 0 Å². The van der Waals surface area contributed by atoms with Crippen molar-refractivity contribution in [3.05, 3.63) is 29.0 Å². The first-order valence-electron chi connectivity index (χ1n) is 3.64. The van der Waals surface area contributed by atoms with Crippen molar-refractivity contribution in [2.45, 2.75) is 0 Å². The van der Waals surface area contributed by atoms with Crippen molar-refractivity contribution in [1.82, 2.24) is 10.3 Å². The van der Waals surface area contributed by atoms with Crippen molar-refractivity contribution in [2.24, 2.45) is 0 Å². The first kappa shape index (κ1) is 11.4. The zero-order valence-electron chi connectivity index (χ0n) is 7.28. The molecule has 0 atom stereocenters. The first-order valence-corrected chi connectivity index (χ1v) is 5.65. The standard InChI is InChI=1S/C8H7ClN2OS2/c1-14-8(13)11-7(12)5-2-3-10-6(9)4-5/h2-4H,1H3,(H,11,12,13). The van der Waals surface area contributed by atoms with Crippen molar-refractivity contribution in [2.75, 3.05) is 6.26 Å². The minimum absolute atomic E-state index is 0.270. The number of aromatic nitrogens is 1. The highest BCUT2D eigenvalue weighted by Gasteiger charge is 2.07. The van der Waals surface area contributed by atoms with Gasteiger partial charge in [0.05, 0.1) is 0 Å². The molecule has 0 spiro atoms. The molecule has 1 amide bonds. The monoisotopic (exact) mass is 246 g/mol. The van der Waals surface area contributed by atoms with E-state index in [9.17, 15) is 4.79 Å². The van der Waals surface area contributed by atoms with E-state index in [1.807, 2.05) is 0 Å². The highest BCUT2D eigenvalue weighted by atomic mass is 35.5. The van der Waals surface area contributed by atoms with Crippen LogP contribution in [0.2, 0.25) is 5.15 Å². The zero-order valence-corrected chi connectivity index (χ0v) is 9.67. The van der Waals surface area contributed by atoms with E-state index in [2.05, 4.69) is 10.3 Å². The lowest BCUT2D eigenvalue weighted by Crippen LogP contribution is -2.26. The van der Waals surface area contributed by atoms with E-state index in [-0.39, 0.29) is 11.1 Å². The third-order valence-corrected chi connectivity index (χ3v) is 2.67. The number of carbonyl (C=O) groups is 1. The number of halogens is 1. The lowest BCUT2D eigenvalue weighted by Gasteiger charge is -2.03. The minimum atomic E-state index is -0.270. The van der Waals surface area contributed by atoms with E-state index in [0.717, 1.165) is 0 Å². The molecule has 0 saturated carbocycles. The summed E-state index contributed by atoms with van der Waals surface area (Å²) in [5.41, 5.74) is 0.446. The maximum absolute atomic E-state index is 11.5. The summed E-state index contributed by atoms with van der Waals surface area (Å²) in [6, 6.07) is 3.06. The summed E-state index contributed by atoms with van der Waals surface area (Å²) >= 11 is 11.8. The maximum Gasteiger partial charge on any atom is 0.256 e. The summed E-state index contributed by atoms with van der Waals surface area (Å²) in [6.07, 6.45) is 3.27. The Labute approximate surface area is 96.2 Å². The lowest BCUT2D eigenvalue weighted by molar-refractivity contribution is 0.0978. The normalized spacial score (nSPS) is 9.57. The highest BCUT2D eigenvalue weighted by molar-refractivity contribution is 8.22. The summed E-state index contributed by atoms with van der Waals surface area (Å²) in [5.74, 6) is -0.270. The van der Waals surface area contributed by atoms with Crippen molar-refractivity contribution >= 4 is 45.8 Å². The Balaban J connectivity index is 2.75. The Morgan fingerprint density at radius 3 is 3.00 bits per heavy atom. The van der Waals surface area contributed by atoms with Crippen LogP contribution in [0.1, 0.15) is 10.4 Å². The van der Waals surface area contributed by atoms with Crippen LogP contribution in [0.15, 0.2) is 18.3 Å². The van der Waals surface area contributed by atoms with Crippen molar-refractivity contribution in [3.63, 3.8) is 0 Å². The largest absolute Gasteiger partial charge is 0.308 e. The van der Waals surface area contributed by atoms with Gasteiger partial charge in [0.15, 0.2) is 0 Å². The molecule has 0 bridgehead atoms. The number of nitrogens with zero attached hydrogens (tertiary/aromatic N) is 1. The number of amides is 1. The fourth-order valence-electron chi connectivity index (χ4n) is 0.760. The third-order valence-electron chi connectivity index (χ3n) is 1.39. The SMILES string of the molecule is CSC(=S)NC(=O)c1ccnc(Cl)c1. The molecule has 0 aliphatic carbocycles. The van der Waals surface area contributed by atoms with Gasteiger partial charge in [-0.1, -0.05) is 23.8 Å². The molecule has 1 heterocycles. The molecule has 3 nitrogen and oxygen atoms in total. The van der Waals surface area contributed by atoms with Gasteiger partial charge in [-0.3, -0.25) is 4.79 Å². The molecule has 1 rings (SSSR count). The quantitative estimate of drug-likeness (QED) is 0.609. The molecule has 0 aliphatic rings. The average molecular weight is 247 g/mol. The second-order valence-corrected chi connectivity index (χ2v) is 4.18. The van der Waals surface area contributed by atoms with Gasteiger partial charge in [-0.05, 0) is 18.4 Å². The van der Waals surface area contributed by atoms with Crippen molar-refractivity contribution in [3.8, 4) is 0 Å². The number of hydrogen-bond acceptors (Lipinski definition) is 4. The first-order chi connectivity index (χ1) is 6.63. The van der Waals surface area contributed by atoms with Gasteiger partial charge in [-0.25, -0.2) is 4.98 Å². The topological polar surface area (TPSA) is 42.0 Å². The van der Waals surface area contributed by atoms with Crippen LogP contribution in [0, 0.1) is 0 Å².